The van der Waals surface area contributed by atoms with E-state index in [-0.39, 0.29) is 65.2 Å². The number of halogens is 5. The van der Waals surface area contributed by atoms with Crippen LogP contribution in [-0.2, 0) is 33.4 Å². The van der Waals surface area contributed by atoms with E-state index in [1.807, 2.05) is 208 Å². The first-order valence-electron chi connectivity index (χ1n) is 30.7. The lowest BCUT2D eigenvalue weighted by Crippen LogP contribution is -2.32. The summed E-state index contributed by atoms with van der Waals surface area (Å²) in [4.78, 5) is 62.9. The number of hydrogen-bond donors (Lipinski definition) is 2. The fraction of sp³-hybridized carbons (Fsp3) is 0.221. The van der Waals surface area contributed by atoms with E-state index in [1.165, 1.54) is 32.5 Å². The lowest BCUT2D eigenvalue weighted by atomic mass is 10.0. The number of aromatic nitrogens is 4. The summed E-state index contributed by atoms with van der Waals surface area (Å²) in [7, 11) is 4.22. The first kappa shape index (κ1) is 68.0. The molecule has 4 saturated carbocycles. The second-order valence-electron chi connectivity index (χ2n) is 23.9. The molecule has 0 aliphatic heterocycles. The van der Waals surface area contributed by atoms with Crippen LogP contribution in [0.4, 0.5) is 0 Å². The Morgan fingerprint density at radius 1 is 0.389 bits per heavy atom. The van der Waals surface area contributed by atoms with Crippen molar-refractivity contribution < 1.29 is 38.6 Å². The van der Waals surface area contributed by atoms with Crippen molar-refractivity contribution in [2.45, 2.75) is 75.8 Å². The van der Waals surface area contributed by atoms with Gasteiger partial charge in [-0.2, -0.15) is 0 Å². The molecule has 2 heterocycles. The molecule has 2 N–H and O–H groups in total. The Labute approximate surface area is 583 Å². The quantitative estimate of drug-likeness (QED) is 0.0346. The fourth-order valence-corrected chi connectivity index (χ4v) is 15.3. The molecule has 4 aliphatic rings. The van der Waals surface area contributed by atoms with Crippen LogP contribution in [0.5, 0.6) is 0 Å². The SMILES string of the molecule is COC(=O)[C@@H]1[C@H](c2ccccc2)[C@H]1c1ccc(Br)cc1.COC(=O)[C@]1(Cl)[C@H](c2ccccc2)[C@H]1c1ccc(-c2ncc(C)cn2)cc1.COC(=O)[C@]1(Cl)[C@H](c2ccccc2)[C@H]1c1ccc(Br)cc1.Cc1cnc(-c2ccc([C@@H]3[C@@H](c4ccccc4)[C@@]3(Cl)C(=O)NO)cc2)nc1. The predicted octanol–water partition coefficient (Wildman–Crippen LogP) is 16.9. The molecule has 4 fully saturated rings. The average Bonchev–Trinajstić information content (AvgIpc) is 1.56. The Kier molecular flexibility index (Phi) is 21.0. The van der Waals surface area contributed by atoms with Gasteiger partial charge in [0.25, 0.3) is 5.91 Å². The summed E-state index contributed by atoms with van der Waals surface area (Å²) >= 11 is 27.0. The molecule has 1 amide bonds. The molecule has 482 valence electrons. The number of nitrogens with zero attached hydrogens (tertiary/aromatic N) is 4. The largest absolute Gasteiger partial charge is 0.469 e. The number of rotatable bonds is 14. The minimum atomic E-state index is -1.21. The number of hydroxylamine groups is 1. The van der Waals surface area contributed by atoms with Crippen LogP contribution in [0.2, 0.25) is 0 Å². The third-order valence-corrected chi connectivity index (χ3v) is 21.0. The number of benzene rings is 8. The highest BCUT2D eigenvalue weighted by Crippen LogP contribution is 2.70. The summed E-state index contributed by atoms with van der Waals surface area (Å²) in [5, 5.41) is 9.15. The first-order chi connectivity index (χ1) is 45.9. The van der Waals surface area contributed by atoms with Gasteiger partial charge in [0.1, 0.15) is 4.87 Å². The Balaban J connectivity index is 0.000000130. The van der Waals surface area contributed by atoms with Crippen molar-refractivity contribution in [2.75, 3.05) is 21.3 Å². The third-order valence-electron chi connectivity index (χ3n) is 18.1. The molecule has 2 aromatic heterocycles. The van der Waals surface area contributed by atoms with Crippen LogP contribution in [0.1, 0.15) is 103 Å². The maximum absolute atomic E-state index is 12.4. The van der Waals surface area contributed by atoms with Crippen LogP contribution in [-0.4, -0.2) is 84.9 Å². The minimum Gasteiger partial charge on any atom is -0.469 e. The highest BCUT2D eigenvalue weighted by Gasteiger charge is 2.72. The van der Waals surface area contributed by atoms with E-state index in [0.717, 1.165) is 64.6 Å². The summed E-state index contributed by atoms with van der Waals surface area (Å²) in [5.41, 5.74) is 14.0. The number of amides is 1. The lowest BCUT2D eigenvalue weighted by Gasteiger charge is -2.07. The highest BCUT2D eigenvalue weighted by atomic mass is 79.9. The maximum atomic E-state index is 12.4. The smallest absolute Gasteiger partial charge is 0.328 e. The summed E-state index contributed by atoms with van der Waals surface area (Å²) < 4.78 is 16.9. The number of ether oxygens (including phenoxy) is 3. The lowest BCUT2D eigenvalue weighted by molar-refractivity contribution is -0.143. The second kappa shape index (κ2) is 29.3. The Morgan fingerprint density at radius 3 is 0.947 bits per heavy atom. The van der Waals surface area contributed by atoms with Crippen molar-refractivity contribution in [1.82, 2.24) is 25.4 Å². The molecule has 10 aromatic rings. The predicted molar refractivity (Wildman–Crippen MR) is 376 cm³/mol. The zero-order chi connectivity index (χ0) is 67.2. The molecule has 95 heavy (non-hydrogen) atoms. The van der Waals surface area contributed by atoms with E-state index in [4.69, 9.17) is 54.2 Å². The van der Waals surface area contributed by atoms with Crippen molar-refractivity contribution >= 4 is 90.5 Å². The molecule has 8 aromatic carbocycles. The number of carbonyl (C=O) groups excluding carboxylic acids is 4. The van der Waals surface area contributed by atoms with Crippen molar-refractivity contribution in [1.29, 1.82) is 0 Å². The number of carbonyl (C=O) groups is 4. The van der Waals surface area contributed by atoms with Gasteiger partial charge in [0.2, 0.25) is 0 Å². The molecule has 0 saturated heterocycles. The molecule has 18 heteroatoms. The van der Waals surface area contributed by atoms with Crippen LogP contribution >= 0.6 is 66.7 Å². The molecule has 13 nitrogen and oxygen atoms in total. The van der Waals surface area contributed by atoms with E-state index < -0.39 is 26.5 Å². The molecule has 0 unspecified atom stereocenters. The van der Waals surface area contributed by atoms with Gasteiger partial charge in [-0.3, -0.25) is 24.4 Å². The van der Waals surface area contributed by atoms with Gasteiger partial charge in [0.05, 0.1) is 27.2 Å². The van der Waals surface area contributed by atoms with Crippen molar-refractivity contribution in [3.63, 3.8) is 0 Å². The number of aryl methyl sites for hydroxylation is 2. The Bertz CT molecular complexity index is 4130. The van der Waals surface area contributed by atoms with E-state index in [0.29, 0.717) is 11.6 Å². The molecular weight excluding hydrogens is 1390 g/mol. The van der Waals surface area contributed by atoms with Crippen molar-refractivity contribution in [3.05, 3.63) is 308 Å². The van der Waals surface area contributed by atoms with E-state index in [9.17, 15) is 19.2 Å². The summed E-state index contributed by atoms with van der Waals surface area (Å²) in [6.45, 7) is 3.90. The summed E-state index contributed by atoms with van der Waals surface area (Å²) in [5.74, 6) is -0.601. The monoisotopic (exact) mass is 1450 g/mol. The standard InChI is InChI=1S/C22H19ClN2O2.C21H18ClN3O2.C17H14BrClO2.C17H15BrO2/c1-14-12-24-20(25-13-14)17-10-8-16(9-11-17)19-18(15-6-4-3-5-7-15)22(19,23)21(26)27-2;1-13-11-23-19(24-12-13)16-9-7-15(8-10-16)18-17(14-5-3-2-4-6-14)21(18,22)20(26)25-27;1-21-16(20)17(19)14(11-5-3-2-4-6-11)15(17)12-7-9-13(18)10-8-12;1-20-17(19)16-14(11-5-3-2-4-6-11)15(16)12-7-9-13(18)10-8-12/h3-13,18-19H,1-2H3;2-12,17-18,27H,1H3,(H,25,26);2-10,14-15H,1H3;2-10,14-16H,1H3/t18-,19-,22+;17-,18-,21+;14-,15-,17+;14-,15-,16-/m1111/s1. The van der Waals surface area contributed by atoms with Gasteiger partial charge in [-0.1, -0.05) is 226 Å². The minimum absolute atomic E-state index is 0.0611. The van der Waals surface area contributed by atoms with E-state index in [1.54, 1.807) is 30.3 Å². The van der Waals surface area contributed by atoms with Crippen molar-refractivity contribution in [2.24, 2.45) is 5.92 Å². The van der Waals surface area contributed by atoms with Gasteiger partial charge in [-0.25, -0.2) is 25.4 Å². The number of esters is 3. The summed E-state index contributed by atoms with van der Waals surface area (Å²) in [6, 6.07) is 71.3. The van der Waals surface area contributed by atoms with E-state index >= 15 is 0 Å². The fourth-order valence-electron chi connectivity index (χ4n) is 13.2. The van der Waals surface area contributed by atoms with Gasteiger partial charge >= 0.3 is 17.9 Å². The van der Waals surface area contributed by atoms with Gasteiger partial charge in [-0.05, 0) is 93.7 Å². The van der Waals surface area contributed by atoms with Gasteiger partial charge in [-0.15, -0.1) is 34.8 Å². The zero-order valence-corrected chi connectivity index (χ0v) is 57.7. The maximum Gasteiger partial charge on any atom is 0.328 e. The Morgan fingerprint density at radius 2 is 0.653 bits per heavy atom. The molecule has 0 spiro atoms. The summed E-state index contributed by atoms with van der Waals surface area (Å²) in [6.07, 6.45) is 7.14. The second-order valence-corrected chi connectivity index (χ2v) is 27.6. The highest BCUT2D eigenvalue weighted by molar-refractivity contribution is 9.10. The van der Waals surface area contributed by atoms with Crippen LogP contribution in [0, 0.1) is 19.8 Å². The molecule has 0 bridgehead atoms. The first-order valence-corrected chi connectivity index (χ1v) is 33.4. The van der Waals surface area contributed by atoms with Crippen LogP contribution in [0.25, 0.3) is 22.8 Å². The number of nitrogens with one attached hydrogen (secondary N) is 1. The zero-order valence-electron chi connectivity index (χ0n) is 52.3. The normalized spacial score (nSPS) is 24.6. The van der Waals surface area contributed by atoms with Crippen LogP contribution in [0.15, 0.2) is 252 Å². The number of alkyl halides is 3. The van der Waals surface area contributed by atoms with Crippen LogP contribution in [0.3, 0.4) is 0 Å². The topological polar surface area (TPSA) is 180 Å². The number of methoxy groups -OCH3 is 3. The van der Waals surface area contributed by atoms with Crippen molar-refractivity contribution in [3.8, 4) is 22.8 Å². The molecular formula is C77H66Br2Cl3N5O8. The van der Waals surface area contributed by atoms with Crippen LogP contribution < -0.4 is 5.48 Å². The van der Waals surface area contributed by atoms with E-state index in [2.05, 4.69) is 76.1 Å². The van der Waals surface area contributed by atoms with Gasteiger partial charge in [0, 0.05) is 92.2 Å². The molecule has 14 rings (SSSR count). The number of hydrogen-bond acceptors (Lipinski definition) is 12. The Hall–Kier alpha value is -8.41. The molecule has 0 radical (unpaired) electrons. The van der Waals surface area contributed by atoms with Gasteiger partial charge < -0.3 is 14.2 Å². The molecule has 12 atom stereocenters. The molecule has 4 aliphatic carbocycles. The van der Waals surface area contributed by atoms with Gasteiger partial charge in [0.15, 0.2) is 21.4 Å². The third kappa shape index (κ3) is 14.1. The average molecular weight is 1460 g/mol.